The van der Waals surface area contributed by atoms with Crippen molar-refractivity contribution >= 4 is 35.2 Å². The predicted octanol–water partition coefficient (Wildman–Crippen LogP) is 4.36. The SMILES string of the molecule is CCOSOc1cc(O)cnc1-c1nc2cc(SC)ccc2o1.O=O. The fraction of sp³-hybridized carbons (Fsp3) is 0.200. The first-order valence-corrected chi connectivity index (χ1v) is 8.87. The predicted molar refractivity (Wildman–Crippen MR) is 97.3 cm³/mol. The van der Waals surface area contributed by atoms with Crippen LogP contribution < -0.4 is 4.18 Å². The quantitative estimate of drug-likeness (QED) is 0.375. The zero-order chi connectivity index (χ0) is 18.2. The maximum absolute atomic E-state index is 9.60. The first kappa shape index (κ1) is 19.0. The molecule has 0 atom stereocenters. The summed E-state index contributed by atoms with van der Waals surface area (Å²) in [6, 6.07) is 7.22. The molecule has 0 radical (unpaired) electrons. The molecule has 25 heavy (non-hydrogen) atoms. The molecular weight excluding hydrogens is 368 g/mol. The average molecular weight is 382 g/mol. The molecule has 10 heteroatoms. The van der Waals surface area contributed by atoms with Gasteiger partial charge < -0.3 is 13.7 Å². The summed E-state index contributed by atoms with van der Waals surface area (Å²) in [4.78, 5) is 23.7. The van der Waals surface area contributed by atoms with Crippen LogP contribution in [0.4, 0.5) is 0 Å². The summed E-state index contributed by atoms with van der Waals surface area (Å²) in [5.41, 5.74) is 1.80. The molecular formula is C15H14N2O6S2. The lowest BCUT2D eigenvalue weighted by Crippen LogP contribution is -1.91. The third kappa shape index (κ3) is 4.62. The van der Waals surface area contributed by atoms with E-state index in [4.69, 9.17) is 22.7 Å². The Morgan fingerprint density at radius 3 is 2.80 bits per heavy atom. The highest BCUT2D eigenvalue weighted by Crippen LogP contribution is 2.34. The van der Waals surface area contributed by atoms with Crippen LogP contribution in [-0.4, -0.2) is 27.9 Å². The summed E-state index contributed by atoms with van der Waals surface area (Å²) in [6.07, 6.45) is 3.32. The molecule has 0 fully saturated rings. The first-order valence-electron chi connectivity index (χ1n) is 6.98. The van der Waals surface area contributed by atoms with Crippen molar-refractivity contribution in [1.82, 2.24) is 9.97 Å². The molecule has 0 spiro atoms. The molecule has 8 nitrogen and oxygen atoms in total. The van der Waals surface area contributed by atoms with E-state index in [1.54, 1.807) is 11.8 Å². The van der Waals surface area contributed by atoms with Gasteiger partial charge in [-0.3, -0.25) is 4.18 Å². The van der Waals surface area contributed by atoms with Crippen molar-refractivity contribution in [3.8, 4) is 23.1 Å². The Morgan fingerprint density at radius 1 is 1.28 bits per heavy atom. The van der Waals surface area contributed by atoms with Gasteiger partial charge in [-0.05, 0) is 31.4 Å². The monoisotopic (exact) mass is 382 g/mol. The second kappa shape index (κ2) is 9.25. The highest BCUT2D eigenvalue weighted by atomic mass is 32.2. The van der Waals surface area contributed by atoms with Crippen LogP contribution in [0.5, 0.6) is 11.5 Å². The van der Waals surface area contributed by atoms with Crippen LogP contribution in [0.3, 0.4) is 0 Å². The lowest BCUT2D eigenvalue weighted by Gasteiger charge is -2.06. The van der Waals surface area contributed by atoms with E-state index in [9.17, 15) is 5.11 Å². The fourth-order valence-electron chi connectivity index (χ4n) is 1.90. The molecule has 3 aromatic rings. The van der Waals surface area contributed by atoms with Crippen LogP contribution in [0.2, 0.25) is 0 Å². The molecule has 1 aromatic carbocycles. The molecule has 0 bridgehead atoms. The van der Waals surface area contributed by atoms with Crippen molar-refractivity contribution in [3.63, 3.8) is 0 Å². The zero-order valence-corrected chi connectivity index (χ0v) is 14.9. The summed E-state index contributed by atoms with van der Waals surface area (Å²) in [5, 5.41) is 9.60. The highest BCUT2D eigenvalue weighted by Gasteiger charge is 2.17. The van der Waals surface area contributed by atoms with Gasteiger partial charge in [0.05, 0.1) is 12.8 Å². The van der Waals surface area contributed by atoms with Gasteiger partial charge in [-0.15, -0.1) is 11.8 Å². The molecule has 2 heterocycles. The molecule has 0 amide bonds. The number of aromatic nitrogens is 2. The van der Waals surface area contributed by atoms with Gasteiger partial charge in [0.15, 0.2) is 17.0 Å². The van der Waals surface area contributed by atoms with Gasteiger partial charge in [0.1, 0.15) is 11.3 Å². The standard InChI is InChI=1S/C15H14N2O4S2.O2/c1-3-19-23-21-13-6-9(18)8-16-14(13)15-17-11-7-10(22-2)4-5-12(11)20-15;1-2/h4-8,18H,3H2,1-2H3;. The topological polar surface area (TPSA) is 112 Å². The number of hydrogen-bond donors (Lipinski definition) is 1. The summed E-state index contributed by atoms with van der Waals surface area (Å²) in [7, 11) is 0. The van der Waals surface area contributed by atoms with Gasteiger partial charge in [0, 0.05) is 20.9 Å². The van der Waals surface area contributed by atoms with Gasteiger partial charge in [-0.1, -0.05) is 0 Å². The van der Waals surface area contributed by atoms with Crippen molar-refractivity contribution in [2.24, 2.45) is 0 Å². The minimum absolute atomic E-state index is 0.0124. The van der Waals surface area contributed by atoms with Crippen LogP contribution in [0.15, 0.2) is 39.8 Å². The zero-order valence-electron chi connectivity index (χ0n) is 13.3. The van der Waals surface area contributed by atoms with E-state index >= 15 is 0 Å². The van der Waals surface area contributed by atoms with E-state index < -0.39 is 0 Å². The van der Waals surface area contributed by atoms with Crippen LogP contribution in [-0.2, 0) is 4.18 Å². The second-order valence-corrected chi connectivity index (χ2v) is 5.87. The molecule has 0 aliphatic rings. The van der Waals surface area contributed by atoms with E-state index in [-0.39, 0.29) is 5.75 Å². The van der Waals surface area contributed by atoms with Crippen molar-refractivity contribution in [2.45, 2.75) is 11.8 Å². The minimum atomic E-state index is -0.0124. The fourth-order valence-corrected chi connectivity index (χ4v) is 2.68. The molecule has 0 unspecified atom stereocenters. The summed E-state index contributed by atoms with van der Waals surface area (Å²) in [6.45, 7) is 2.34. The number of hydrogen-bond acceptors (Lipinski definition) is 10. The largest absolute Gasteiger partial charge is 0.506 e. The van der Waals surface area contributed by atoms with Gasteiger partial charge in [-0.25, -0.2) is 9.97 Å². The maximum Gasteiger partial charge on any atom is 0.250 e. The number of thioether (sulfide) groups is 1. The molecule has 0 saturated carbocycles. The smallest absolute Gasteiger partial charge is 0.250 e. The van der Waals surface area contributed by atoms with E-state index in [2.05, 4.69) is 9.97 Å². The minimum Gasteiger partial charge on any atom is -0.506 e. The van der Waals surface area contributed by atoms with E-state index in [1.807, 2.05) is 31.4 Å². The number of benzene rings is 1. The number of nitrogens with zero attached hydrogens (tertiary/aromatic N) is 2. The Hall–Kier alpha value is -2.30. The van der Waals surface area contributed by atoms with E-state index in [1.165, 1.54) is 12.3 Å². The molecule has 2 aromatic heterocycles. The Kier molecular flexibility index (Phi) is 7.04. The lowest BCUT2D eigenvalue weighted by atomic mass is 10.3. The van der Waals surface area contributed by atoms with Crippen molar-refractivity contribution in [1.29, 1.82) is 0 Å². The van der Waals surface area contributed by atoms with Gasteiger partial charge >= 0.3 is 0 Å². The number of aromatic hydroxyl groups is 1. The van der Waals surface area contributed by atoms with E-state index in [0.29, 0.717) is 29.5 Å². The van der Waals surface area contributed by atoms with Gasteiger partial charge in [-0.2, -0.15) is 0 Å². The van der Waals surface area contributed by atoms with Crippen LogP contribution in [0.1, 0.15) is 6.92 Å². The van der Waals surface area contributed by atoms with Crippen molar-refractivity contribution in [3.05, 3.63) is 40.4 Å². The maximum atomic E-state index is 9.60. The van der Waals surface area contributed by atoms with Crippen molar-refractivity contribution in [2.75, 3.05) is 12.9 Å². The molecule has 0 saturated heterocycles. The highest BCUT2D eigenvalue weighted by molar-refractivity contribution is 7.98. The third-order valence-corrected chi connectivity index (χ3v) is 4.23. The lowest BCUT2D eigenvalue weighted by molar-refractivity contribution is 0.368. The third-order valence-electron chi connectivity index (χ3n) is 2.93. The second-order valence-electron chi connectivity index (χ2n) is 4.45. The average Bonchev–Trinajstić information content (AvgIpc) is 3.06. The van der Waals surface area contributed by atoms with Crippen LogP contribution in [0, 0.1) is 9.93 Å². The summed E-state index contributed by atoms with van der Waals surface area (Å²) < 4.78 is 16.3. The van der Waals surface area contributed by atoms with Crippen LogP contribution in [0.25, 0.3) is 22.7 Å². The molecule has 1 N–H and O–H groups in total. The number of fused-ring (bicyclic) bond motifs is 1. The summed E-state index contributed by atoms with van der Waals surface area (Å²) in [5.74, 6) is 0.632. The molecule has 132 valence electrons. The van der Waals surface area contributed by atoms with Crippen LogP contribution >= 0.6 is 24.1 Å². The Morgan fingerprint density at radius 2 is 2.08 bits per heavy atom. The molecule has 0 aliphatic carbocycles. The van der Waals surface area contributed by atoms with Crippen molar-refractivity contribution < 1.29 is 17.9 Å². The Balaban J connectivity index is 0.00000109. The molecule has 3 rings (SSSR count). The Labute approximate surface area is 151 Å². The van der Waals surface area contributed by atoms with Gasteiger partial charge in [0.2, 0.25) is 18.2 Å². The number of pyridine rings is 1. The normalized spacial score (nSPS) is 10.3. The summed E-state index contributed by atoms with van der Waals surface area (Å²) >= 11 is 2.45. The molecule has 0 aliphatic heterocycles. The first-order chi connectivity index (χ1) is 12.2. The Bertz CT molecular complexity index is 842. The van der Waals surface area contributed by atoms with Gasteiger partial charge in [0.25, 0.3) is 0 Å². The number of oxazole rings is 1. The number of rotatable bonds is 6. The van der Waals surface area contributed by atoms with E-state index in [0.717, 1.165) is 22.7 Å².